The van der Waals surface area contributed by atoms with Crippen molar-refractivity contribution in [1.29, 1.82) is 0 Å². The molecule has 0 bridgehead atoms. The molecule has 0 aliphatic rings. The molecule has 1 atom stereocenters. The number of nitrogens with one attached hydrogen (secondary N) is 1. The zero-order valence-electron chi connectivity index (χ0n) is 9.80. The first-order valence-electron chi connectivity index (χ1n) is 5.37. The number of benzene rings is 1. The molecule has 0 aliphatic heterocycles. The molecule has 5 nitrogen and oxygen atoms in total. The number of carbonyl (C=O) groups excluding carboxylic acids is 1. The van der Waals surface area contributed by atoms with Gasteiger partial charge in [-0.3, -0.25) is 9.48 Å². The second-order valence-electron chi connectivity index (χ2n) is 3.92. The number of hydrogen-bond donors (Lipinski definition) is 2. The predicted molar refractivity (Wildman–Crippen MR) is 70.2 cm³/mol. The summed E-state index contributed by atoms with van der Waals surface area (Å²) in [6.07, 6.45) is 3.28. The number of rotatable bonds is 3. The second kappa shape index (κ2) is 5.20. The lowest BCUT2D eigenvalue weighted by Gasteiger charge is -2.10. The van der Waals surface area contributed by atoms with Crippen LogP contribution in [0.5, 0.6) is 0 Å². The predicted octanol–water partition coefficient (Wildman–Crippen LogP) is 1.71. The molecule has 1 aromatic heterocycles. The molecule has 0 spiro atoms. The van der Waals surface area contributed by atoms with Crippen LogP contribution in [-0.4, -0.2) is 15.7 Å². The SMILES string of the molecule is Cn1cc(C(N)C(=O)Nc2cccc(Cl)c2)cn1. The van der Waals surface area contributed by atoms with Gasteiger partial charge in [-0.25, -0.2) is 0 Å². The molecule has 1 aromatic carbocycles. The highest BCUT2D eigenvalue weighted by molar-refractivity contribution is 6.30. The average Bonchev–Trinajstić information content (AvgIpc) is 2.75. The van der Waals surface area contributed by atoms with Gasteiger partial charge >= 0.3 is 0 Å². The standard InChI is InChI=1S/C12H13ClN4O/c1-17-7-8(6-15-17)11(14)12(18)16-10-4-2-3-9(13)5-10/h2-7,11H,14H2,1H3,(H,16,18). The van der Waals surface area contributed by atoms with Crippen LogP contribution in [0.4, 0.5) is 5.69 Å². The summed E-state index contributed by atoms with van der Waals surface area (Å²) in [6.45, 7) is 0. The van der Waals surface area contributed by atoms with Crippen molar-refractivity contribution >= 4 is 23.2 Å². The van der Waals surface area contributed by atoms with Gasteiger partial charge in [-0.2, -0.15) is 5.10 Å². The number of hydrogen-bond acceptors (Lipinski definition) is 3. The van der Waals surface area contributed by atoms with E-state index in [0.29, 0.717) is 16.3 Å². The van der Waals surface area contributed by atoms with Gasteiger partial charge < -0.3 is 11.1 Å². The molecule has 94 valence electrons. The Morgan fingerprint density at radius 3 is 2.94 bits per heavy atom. The van der Waals surface area contributed by atoms with E-state index in [2.05, 4.69) is 10.4 Å². The topological polar surface area (TPSA) is 72.9 Å². The monoisotopic (exact) mass is 264 g/mol. The smallest absolute Gasteiger partial charge is 0.246 e. The van der Waals surface area contributed by atoms with E-state index in [1.807, 2.05) is 0 Å². The molecule has 2 aromatic rings. The lowest BCUT2D eigenvalue weighted by Crippen LogP contribution is -2.27. The van der Waals surface area contributed by atoms with Crippen LogP contribution in [0.15, 0.2) is 36.7 Å². The van der Waals surface area contributed by atoms with E-state index in [0.717, 1.165) is 0 Å². The summed E-state index contributed by atoms with van der Waals surface area (Å²) in [5, 5.41) is 7.24. The van der Waals surface area contributed by atoms with E-state index in [-0.39, 0.29) is 5.91 Å². The van der Waals surface area contributed by atoms with Gasteiger partial charge in [0, 0.05) is 29.5 Å². The second-order valence-corrected chi connectivity index (χ2v) is 4.36. The summed E-state index contributed by atoms with van der Waals surface area (Å²) in [5.74, 6) is -0.301. The molecular formula is C12H13ClN4O. The zero-order valence-corrected chi connectivity index (χ0v) is 10.6. The Balaban J connectivity index is 2.08. The molecule has 0 fully saturated rings. The van der Waals surface area contributed by atoms with E-state index >= 15 is 0 Å². The Hall–Kier alpha value is -1.85. The Morgan fingerprint density at radius 2 is 2.33 bits per heavy atom. The summed E-state index contributed by atoms with van der Waals surface area (Å²) >= 11 is 5.83. The highest BCUT2D eigenvalue weighted by Crippen LogP contribution is 2.17. The zero-order chi connectivity index (χ0) is 13.1. The van der Waals surface area contributed by atoms with Gasteiger partial charge in [0.05, 0.1) is 6.20 Å². The van der Waals surface area contributed by atoms with Crippen molar-refractivity contribution in [3.8, 4) is 0 Å². The maximum atomic E-state index is 11.9. The van der Waals surface area contributed by atoms with Crippen molar-refractivity contribution in [2.24, 2.45) is 12.8 Å². The van der Waals surface area contributed by atoms with Crippen LogP contribution in [0.3, 0.4) is 0 Å². The fraction of sp³-hybridized carbons (Fsp3) is 0.167. The molecule has 0 saturated heterocycles. The maximum absolute atomic E-state index is 11.9. The van der Waals surface area contributed by atoms with Crippen molar-refractivity contribution in [1.82, 2.24) is 9.78 Å². The molecule has 1 heterocycles. The average molecular weight is 265 g/mol. The van der Waals surface area contributed by atoms with Crippen LogP contribution in [0.25, 0.3) is 0 Å². The van der Waals surface area contributed by atoms with Crippen molar-refractivity contribution in [3.05, 3.63) is 47.2 Å². The first kappa shape index (κ1) is 12.6. The van der Waals surface area contributed by atoms with Crippen LogP contribution >= 0.6 is 11.6 Å². The largest absolute Gasteiger partial charge is 0.324 e. The third-order valence-electron chi connectivity index (χ3n) is 2.46. The summed E-state index contributed by atoms with van der Waals surface area (Å²) in [6, 6.07) is 6.15. The normalized spacial score (nSPS) is 12.2. The molecule has 3 N–H and O–H groups in total. The van der Waals surface area contributed by atoms with Gasteiger partial charge in [0.2, 0.25) is 5.91 Å². The van der Waals surface area contributed by atoms with E-state index in [1.165, 1.54) is 0 Å². The lowest BCUT2D eigenvalue weighted by atomic mass is 10.1. The highest BCUT2D eigenvalue weighted by atomic mass is 35.5. The van der Waals surface area contributed by atoms with E-state index in [4.69, 9.17) is 17.3 Å². The third-order valence-corrected chi connectivity index (χ3v) is 2.69. The quantitative estimate of drug-likeness (QED) is 0.886. The van der Waals surface area contributed by atoms with E-state index < -0.39 is 6.04 Å². The first-order valence-corrected chi connectivity index (χ1v) is 5.74. The van der Waals surface area contributed by atoms with Crippen LogP contribution in [0.1, 0.15) is 11.6 Å². The summed E-state index contributed by atoms with van der Waals surface area (Å²) < 4.78 is 1.60. The summed E-state index contributed by atoms with van der Waals surface area (Å²) in [5.41, 5.74) is 7.12. The number of anilines is 1. The van der Waals surface area contributed by atoms with Crippen molar-refractivity contribution < 1.29 is 4.79 Å². The first-order chi connectivity index (χ1) is 8.56. The van der Waals surface area contributed by atoms with Crippen LogP contribution in [-0.2, 0) is 11.8 Å². The number of amides is 1. The van der Waals surface area contributed by atoms with Gasteiger partial charge in [-0.15, -0.1) is 0 Å². The van der Waals surface area contributed by atoms with Gasteiger partial charge in [0.15, 0.2) is 0 Å². The van der Waals surface area contributed by atoms with E-state index in [9.17, 15) is 4.79 Å². The van der Waals surface area contributed by atoms with Gasteiger partial charge in [0.1, 0.15) is 6.04 Å². The number of aryl methyl sites for hydroxylation is 1. The summed E-state index contributed by atoms with van der Waals surface area (Å²) in [7, 11) is 1.77. The number of nitrogens with zero attached hydrogens (tertiary/aromatic N) is 2. The number of aromatic nitrogens is 2. The Labute approximate surface area is 110 Å². The Kier molecular flexibility index (Phi) is 3.64. The minimum Gasteiger partial charge on any atom is -0.324 e. The number of carbonyl (C=O) groups is 1. The minimum atomic E-state index is -0.752. The van der Waals surface area contributed by atoms with Crippen LogP contribution in [0.2, 0.25) is 5.02 Å². The summed E-state index contributed by atoms with van der Waals surface area (Å²) in [4.78, 5) is 11.9. The molecule has 0 saturated carbocycles. The molecule has 1 amide bonds. The fourth-order valence-corrected chi connectivity index (χ4v) is 1.73. The molecule has 0 aliphatic carbocycles. The number of halogens is 1. The maximum Gasteiger partial charge on any atom is 0.246 e. The lowest BCUT2D eigenvalue weighted by molar-refractivity contribution is -0.117. The van der Waals surface area contributed by atoms with Crippen molar-refractivity contribution in [2.45, 2.75) is 6.04 Å². The molecule has 0 radical (unpaired) electrons. The van der Waals surface area contributed by atoms with E-state index in [1.54, 1.807) is 48.4 Å². The van der Waals surface area contributed by atoms with Gasteiger partial charge in [-0.1, -0.05) is 17.7 Å². The minimum absolute atomic E-state index is 0.301. The van der Waals surface area contributed by atoms with Gasteiger partial charge in [0.25, 0.3) is 0 Å². The van der Waals surface area contributed by atoms with Crippen LogP contribution < -0.4 is 11.1 Å². The van der Waals surface area contributed by atoms with Crippen molar-refractivity contribution in [2.75, 3.05) is 5.32 Å². The third kappa shape index (κ3) is 2.88. The van der Waals surface area contributed by atoms with Crippen molar-refractivity contribution in [3.63, 3.8) is 0 Å². The highest BCUT2D eigenvalue weighted by Gasteiger charge is 2.17. The molecule has 2 rings (SSSR count). The van der Waals surface area contributed by atoms with Gasteiger partial charge in [-0.05, 0) is 18.2 Å². The molecule has 6 heteroatoms. The molecule has 1 unspecified atom stereocenters. The molecular weight excluding hydrogens is 252 g/mol. The Morgan fingerprint density at radius 1 is 1.56 bits per heavy atom. The molecule has 18 heavy (non-hydrogen) atoms. The number of nitrogens with two attached hydrogens (primary N) is 1. The Bertz CT molecular complexity index is 567. The van der Waals surface area contributed by atoms with Crippen LogP contribution in [0, 0.1) is 0 Å². The fourth-order valence-electron chi connectivity index (χ4n) is 1.54.